The lowest BCUT2D eigenvalue weighted by Gasteiger charge is -2.24. The lowest BCUT2D eigenvalue weighted by atomic mass is 10.0. The zero-order chi connectivity index (χ0) is 21.8. The van der Waals surface area contributed by atoms with Crippen LogP contribution in [0.4, 0.5) is 21.0 Å². The van der Waals surface area contributed by atoms with Crippen LogP contribution in [0.1, 0.15) is 46.2 Å². The molecule has 1 fully saturated rings. The van der Waals surface area contributed by atoms with Gasteiger partial charge in [0.05, 0.1) is 24.9 Å². The average molecular weight is 416 g/mol. The summed E-state index contributed by atoms with van der Waals surface area (Å²) in [6.45, 7) is 10.9. The lowest BCUT2D eigenvalue weighted by molar-refractivity contribution is 0.177. The smallest absolute Gasteiger partial charge is 0.416 e. The van der Waals surface area contributed by atoms with E-state index >= 15 is 0 Å². The van der Waals surface area contributed by atoms with Gasteiger partial charge in [-0.1, -0.05) is 39.8 Å². The molecular weight excluding hydrogens is 387 g/mol. The van der Waals surface area contributed by atoms with E-state index in [1.165, 1.54) is 4.90 Å². The van der Waals surface area contributed by atoms with Gasteiger partial charge in [0.15, 0.2) is 11.6 Å². The molecule has 1 saturated heterocycles. The molecule has 2 atom stereocenters. The molecule has 1 aliphatic heterocycles. The molecule has 0 radical (unpaired) electrons. The number of carbonyl (C=O) groups is 1. The van der Waals surface area contributed by atoms with Crippen molar-refractivity contribution >= 4 is 17.9 Å². The number of benzene rings is 1. The van der Waals surface area contributed by atoms with Crippen molar-refractivity contribution in [1.29, 1.82) is 0 Å². The fraction of sp³-hybridized carbons (Fsp3) is 0.500. The third-order valence-electron chi connectivity index (χ3n) is 4.92. The summed E-state index contributed by atoms with van der Waals surface area (Å²) < 4.78 is 25.4. The molecule has 2 aromatic rings. The van der Waals surface area contributed by atoms with E-state index in [9.17, 15) is 9.18 Å². The molecule has 30 heavy (non-hydrogen) atoms. The number of cyclic esters (lactones) is 1. The second kappa shape index (κ2) is 9.28. The SMILES string of the molecule is CC(C)COc1cccc([C@H](C)Nc2ncc(F)c(N3C(=O)OC[C@@H]3C(C)C)n2)c1. The Morgan fingerprint density at radius 1 is 1.30 bits per heavy atom. The summed E-state index contributed by atoms with van der Waals surface area (Å²) in [4.78, 5) is 21.8. The number of hydrogen-bond acceptors (Lipinski definition) is 6. The second-order valence-corrected chi connectivity index (χ2v) is 8.27. The molecule has 1 N–H and O–H groups in total. The maximum atomic E-state index is 14.5. The van der Waals surface area contributed by atoms with Gasteiger partial charge >= 0.3 is 6.09 Å². The molecule has 0 unspecified atom stereocenters. The Labute approximate surface area is 176 Å². The van der Waals surface area contributed by atoms with Crippen LogP contribution in [-0.2, 0) is 4.74 Å². The number of amides is 1. The predicted molar refractivity (Wildman–Crippen MR) is 113 cm³/mol. The number of halogens is 1. The first kappa shape index (κ1) is 21.8. The molecule has 0 aliphatic carbocycles. The van der Waals surface area contributed by atoms with E-state index in [4.69, 9.17) is 9.47 Å². The van der Waals surface area contributed by atoms with Gasteiger partial charge in [0.25, 0.3) is 0 Å². The Balaban J connectivity index is 1.78. The van der Waals surface area contributed by atoms with Crippen LogP contribution in [0.15, 0.2) is 30.5 Å². The molecule has 1 aliphatic rings. The van der Waals surface area contributed by atoms with Gasteiger partial charge in [0.2, 0.25) is 5.95 Å². The third-order valence-corrected chi connectivity index (χ3v) is 4.92. The fourth-order valence-electron chi connectivity index (χ4n) is 3.18. The summed E-state index contributed by atoms with van der Waals surface area (Å²) in [5.41, 5.74) is 0.978. The van der Waals surface area contributed by atoms with Gasteiger partial charge in [-0.25, -0.2) is 14.2 Å². The Hall–Kier alpha value is -2.90. The molecule has 1 amide bonds. The summed E-state index contributed by atoms with van der Waals surface area (Å²) in [5, 5.41) is 3.18. The summed E-state index contributed by atoms with van der Waals surface area (Å²) >= 11 is 0. The molecule has 0 saturated carbocycles. The highest BCUT2D eigenvalue weighted by molar-refractivity contribution is 5.89. The second-order valence-electron chi connectivity index (χ2n) is 8.27. The van der Waals surface area contributed by atoms with Gasteiger partial charge < -0.3 is 14.8 Å². The van der Waals surface area contributed by atoms with Gasteiger partial charge in [-0.05, 0) is 36.5 Å². The number of rotatable bonds is 8. The lowest BCUT2D eigenvalue weighted by Crippen LogP contribution is -2.38. The number of anilines is 2. The van der Waals surface area contributed by atoms with E-state index in [1.54, 1.807) is 0 Å². The van der Waals surface area contributed by atoms with Gasteiger partial charge in [0.1, 0.15) is 12.4 Å². The minimum atomic E-state index is -0.665. The summed E-state index contributed by atoms with van der Waals surface area (Å²) in [6, 6.07) is 7.33. The molecule has 1 aromatic heterocycles. The Kier molecular flexibility index (Phi) is 6.74. The molecule has 7 nitrogen and oxygen atoms in total. The molecular formula is C22H29FN4O3. The first-order valence-electron chi connectivity index (χ1n) is 10.2. The number of ether oxygens (including phenoxy) is 2. The molecule has 3 rings (SSSR count). The van der Waals surface area contributed by atoms with Gasteiger partial charge in [0, 0.05) is 0 Å². The van der Waals surface area contributed by atoms with Gasteiger partial charge in [-0.3, -0.25) is 4.90 Å². The first-order chi connectivity index (χ1) is 14.3. The number of nitrogens with zero attached hydrogens (tertiary/aromatic N) is 3. The average Bonchev–Trinajstić information content (AvgIpc) is 3.09. The third kappa shape index (κ3) is 4.98. The normalized spacial score (nSPS) is 17.4. The number of hydrogen-bond donors (Lipinski definition) is 1. The fourth-order valence-corrected chi connectivity index (χ4v) is 3.18. The van der Waals surface area contributed by atoms with Crippen LogP contribution < -0.4 is 15.0 Å². The van der Waals surface area contributed by atoms with Crippen LogP contribution in [-0.4, -0.2) is 35.3 Å². The van der Waals surface area contributed by atoms with E-state index in [1.807, 2.05) is 45.0 Å². The molecule has 8 heteroatoms. The standard InChI is InChI=1S/C22H29FN4O3/c1-13(2)11-29-17-8-6-7-16(9-17)15(5)25-21-24-10-18(23)20(26-21)27-19(14(3)4)12-30-22(27)28/h6-10,13-15,19H,11-12H2,1-5H3,(H,24,25,26)/t15-,19+/m0/s1. The minimum Gasteiger partial charge on any atom is -0.493 e. The number of nitrogens with one attached hydrogen (secondary N) is 1. The maximum absolute atomic E-state index is 14.5. The van der Waals surface area contributed by atoms with Crippen LogP contribution in [0.25, 0.3) is 0 Å². The van der Waals surface area contributed by atoms with Gasteiger partial charge in [-0.2, -0.15) is 4.98 Å². The van der Waals surface area contributed by atoms with E-state index in [0.29, 0.717) is 12.5 Å². The van der Waals surface area contributed by atoms with Gasteiger partial charge in [-0.15, -0.1) is 0 Å². The van der Waals surface area contributed by atoms with Crippen LogP contribution in [0.3, 0.4) is 0 Å². The van der Waals surface area contributed by atoms with Crippen molar-refractivity contribution in [3.8, 4) is 5.75 Å². The van der Waals surface area contributed by atoms with E-state index in [-0.39, 0.29) is 36.4 Å². The quantitative estimate of drug-likeness (QED) is 0.666. The predicted octanol–water partition coefficient (Wildman–Crippen LogP) is 4.80. The Morgan fingerprint density at radius 2 is 2.07 bits per heavy atom. The number of carbonyl (C=O) groups excluding carboxylic acids is 1. The van der Waals surface area contributed by atoms with Crippen molar-refractivity contribution in [2.24, 2.45) is 11.8 Å². The highest BCUT2D eigenvalue weighted by atomic mass is 19.1. The van der Waals surface area contributed by atoms with E-state index in [0.717, 1.165) is 17.5 Å². The molecule has 2 heterocycles. The molecule has 1 aromatic carbocycles. The van der Waals surface area contributed by atoms with Crippen LogP contribution in [0, 0.1) is 17.7 Å². The zero-order valence-electron chi connectivity index (χ0n) is 18.1. The van der Waals surface area contributed by atoms with Crippen LogP contribution >= 0.6 is 0 Å². The Bertz CT molecular complexity index is 890. The Morgan fingerprint density at radius 3 is 2.77 bits per heavy atom. The van der Waals surface area contributed by atoms with E-state index in [2.05, 4.69) is 29.1 Å². The molecule has 162 valence electrons. The monoisotopic (exact) mass is 416 g/mol. The van der Waals surface area contributed by atoms with Crippen molar-refractivity contribution < 1.29 is 18.7 Å². The summed E-state index contributed by atoms with van der Waals surface area (Å²) in [7, 11) is 0. The van der Waals surface area contributed by atoms with Crippen molar-refractivity contribution in [2.75, 3.05) is 23.4 Å². The van der Waals surface area contributed by atoms with Crippen molar-refractivity contribution in [3.05, 3.63) is 41.8 Å². The maximum Gasteiger partial charge on any atom is 0.416 e. The van der Waals surface area contributed by atoms with Crippen LogP contribution in [0.5, 0.6) is 5.75 Å². The van der Waals surface area contributed by atoms with Crippen molar-refractivity contribution in [1.82, 2.24) is 9.97 Å². The zero-order valence-corrected chi connectivity index (χ0v) is 18.1. The summed E-state index contributed by atoms with van der Waals surface area (Å²) in [5.74, 6) is 0.804. The van der Waals surface area contributed by atoms with Crippen molar-refractivity contribution in [3.63, 3.8) is 0 Å². The topological polar surface area (TPSA) is 76.6 Å². The number of aromatic nitrogens is 2. The molecule has 0 spiro atoms. The van der Waals surface area contributed by atoms with Crippen molar-refractivity contribution in [2.45, 2.75) is 46.7 Å². The summed E-state index contributed by atoms with van der Waals surface area (Å²) in [6.07, 6.45) is 0.475. The minimum absolute atomic E-state index is 0.0742. The first-order valence-corrected chi connectivity index (χ1v) is 10.2. The van der Waals surface area contributed by atoms with Crippen LogP contribution in [0.2, 0.25) is 0 Å². The largest absolute Gasteiger partial charge is 0.493 e. The van der Waals surface area contributed by atoms with E-state index < -0.39 is 11.9 Å². The highest BCUT2D eigenvalue weighted by Gasteiger charge is 2.38. The highest BCUT2D eigenvalue weighted by Crippen LogP contribution is 2.29. The molecule has 0 bridgehead atoms.